The Hall–Kier alpha value is -1.40. The predicted molar refractivity (Wildman–Crippen MR) is 71.6 cm³/mol. The van der Waals surface area contributed by atoms with Crippen LogP contribution < -0.4 is 15.6 Å². The van der Waals surface area contributed by atoms with Crippen LogP contribution in [-0.2, 0) is 11.3 Å². The summed E-state index contributed by atoms with van der Waals surface area (Å²) >= 11 is 0. The highest BCUT2D eigenvalue weighted by Crippen LogP contribution is 2.07. The van der Waals surface area contributed by atoms with Crippen molar-refractivity contribution in [2.45, 2.75) is 32.4 Å². The van der Waals surface area contributed by atoms with Gasteiger partial charge in [0.2, 0.25) is 0 Å². The van der Waals surface area contributed by atoms with Crippen molar-refractivity contribution in [1.82, 2.24) is 14.9 Å². The van der Waals surface area contributed by atoms with Gasteiger partial charge < -0.3 is 14.8 Å². The van der Waals surface area contributed by atoms with Gasteiger partial charge in [-0.2, -0.15) is 0 Å². The van der Waals surface area contributed by atoms with E-state index in [2.05, 4.69) is 10.3 Å². The maximum atomic E-state index is 11.9. The third-order valence-electron chi connectivity index (χ3n) is 3.27. The minimum atomic E-state index is -0.0712. The van der Waals surface area contributed by atoms with Crippen molar-refractivity contribution in [3.63, 3.8) is 0 Å². The first kappa shape index (κ1) is 14.0. The van der Waals surface area contributed by atoms with Gasteiger partial charge in [0.15, 0.2) is 0 Å². The number of nitrogens with zero attached hydrogens (tertiary/aromatic N) is 2. The maximum absolute atomic E-state index is 11.9. The van der Waals surface area contributed by atoms with Crippen molar-refractivity contribution in [3.05, 3.63) is 22.1 Å². The molecule has 19 heavy (non-hydrogen) atoms. The molecule has 1 saturated heterocycles. The van der Waals surface area contributed by atoms with Crippen LogP contribution in [0.15, 0.2) is 10.9 Å². The van der Waals surface area contributed by atoms with Crippen LogP contribution in [0.5, 0.6) is 6.01 Å². The van der Waals surface area contributed by atoms with Crippen molar-refractivity contribution in [1.29, 1.82) is 0 Å². The topological polar surface area (TPSA) is 65.4 Å². The van der Waals surface area contributed by atoms with E-state index in [9.17, 15) is 4.79 Å². The van der Waals surface area contributed by atoms with Crippen LogP contribution in [0.3, 0.4) is 0 Å². The van der Waals surface area contributed by atoms with Crippen LogP contribution in [0.25, 0.3) is 0 Å². The molecule has 1 aromatic heterocycles. The Morgan fingerprint density at radius 2 is 2.26 bits per heavy atom. The van der Waals surface area contributed by atoms with Crippen molar-refractivity contribution >= 4 is 0 Å². The summed E-state index contributed by atoms with van der Waals surface area (Å²) in [7, 11) is 1.53. The molecule has 2 rings (SSSR count). The third kappa shape index (κ3) is 3.78. The fourth-order valence-corrected chi connectivity index (χ4v) is 2.24. The molecule has 1 N–H and O–H groups in total. The molecule has 1 aliphatic heterocycles. The van der Waals surface area contributed by atoms with E-state index < -0.39 is 0 Å². The fourth-order valence-electron chi connectivity index (χ4n) is 2.24. The predicted octanol–water partition coefficient (Wildman–Crippen LogP) is 0.329. The van der Waals surface area contributed by atoms with Crippen LogP contribution in [0.2, 0.25) is 0 Å². The molecule has 2 heterocycles. The van der Waals surface area contributed by atoms with Gasteiger partial charge in [-0.3, -0.25) is 9.36 Å². The number of aryl methyl sites for hydroxylation is 1. The van der Waals surface area contributed by atoms with Gasteiger partial charge in [-0.05, 0) is 19.8 Å². The van der Waals surface area contributed by atoms with Gasteiger partial charge in [0, 0.05) is 44.1 Å². The Balaban J connectivity index is 1.93. The summed E-state index contributed by atoms with van der Waals surface area (Å²) in [6, 6.07) is 2.38. The molecule has 1 aliphatic rings. The summed E-state index contributed by atoms with van der Waals surface area (Å²) in [5.41, 5.74) is 0.605. The van der Waals surface area contributed by atoms with E-state index in [1.165, 1.54) is 13.2 Å². The highest BCUT2D eigenvalue weighted by Gasteiger charge is 2.13. The monoisotopic (exact) mass is 267 g/mol. The van der Waals surface area contributed by atoms with Gasteiger partial charge in [-0.25, -0.2) is 4.98 Å². The van der Waals surface area contributed by atoms with Crippen LogP contribution in [0.4, 0.5) is 0 Å². The maximum Gasteiger partial charge on any atom is 0.299 e. The highest BCUT2D eigenvalue weighted by atomic mass is 16.5. The molecule has 6 heteroatoms. The van der Waals surface area contributed by atoms with Crippen molar-refractivity contribution in [3.8, 4) is 6.01 Å². The molecule has 0 aromatic carbocycles. The Labute approximate surface area is 112 Å². The van der Waals surface area contributed by atoms with E-state index in [0.717, 1.165) is 32.6 Å². The molecule has 0 bridgehead atoms. The van der Waals surface area contributed by atoms with Crippen molar-refractivity contribution < 1.29 is 9.47 Å². The van der Waals surface area contributed by atoms with E-state index in [1.807, 2.05) is 0 Å². The first-order chi connectivity index (χ1) is 9.20. The standard InChI is InChI=1S/C13H21N3O3/c1-10-9-12(17)16(13(15-10)18-2)6-5-14-11-3-7-19-8-4-11/h9,11,14H,3-8H2,1-2H3. The van der Waals surface area contributed by atoms with Crippen molar-refractivity contribution in [2.75, 3.05) is 26.9 Å². The van der Waals surface area contributed by atoms with Gasteiger partial charge in [0.05, 0.1) is 7.11 Å². The van der Waals surface area contributed by atoms with Crippen LogP contribution >= 0.6 is 0 Å². The number of ether oxygens (including phenoxy) is 2. The van der Waals surface area contributed by atoms with Crippen LogP contribution in [0, 0.1) is 6.92 Å². The number of hydrogen-bond donors (Lipinski definition) is 1. The van der Waals surface area contributed by atoms with Gasteiger partial charge >= 0.3 is 0 Å². The van der Waals surface area contributed by atoms with Gasteiger partial charge in [-0.1, -0.05) is 0 Å². The number of rotatable bonds is 5. The minimum Gasteiger partial charge on any atom is -0.468 e. The Bertz CT molecular complexity index is 467. The van der Waals surface area contributed by atoms with E-state index in [4.69, 9.17) is 9.47 Å². The Morgan fingerprint density at radius 3 is 2.95 bits per heavy atom. The lowest BCUT2D eigenvalue weighted by atomic mass is 10.1. The lowest BCUT2D eigenvalue weighted by Crippen LogP contribution is -2.38. The molecule has 0 saturated carbocycles. The molecule has 106 valence electrons. The molecule has 1 fully saturated rings. The second-order valence-electron chi connectivity index (χ2n) is 4.71. The second kappa shape index (κ2) is 6.68. The molecule has 0 radical (unpaired) electrons. The fraction of sp³-hybridized carbons (Fsp3) is 0.692. The Morgan fingerprint density at radius 1 is 1.53 bits per heavy atom. The zero-order chi connectivity index (χ0) is 13.7. The summed E-state index contributed by atoms with van der Waals surface area (Å²) in [5, 5.41) is 3.44. The molecule has 0 unspecified atom stereocenters. The summed E-state index contributed by atoms with van der Waals surface area (Å²) in [5.74, 6) is 0. The summed E-state index contributed by atoms with van der Waals surface area (Å²) < 4.78 is 12.0. The van der Waals surface area contributed by atoms with E-state index in [1.54, 1.807) is 11.5 Å². The quantitative estimate of drug-likeness (QED) is 0.833. The smallest absolute Gasteiger partial charge is 0.299 e. The van der Waals surface area contributed by atoms with Crippen LogP contribution in [-0.4, -0.2) is 42.5 Å². The van der Waals surface area contributed by atoms with E-state index in [0.29, 0.717) is 24.3 Å². The first-order valence-corrected chi connectivity index (χ1v) is 6.64. The second-order valence-corrected chi connectivity index (χ2v) is 4.71. The molecular formula is C13H21N3O3. The molecule has 0 amide bonds. The highest BCUT2D eigenvalue weighted by molar-refractivity contribution is 5.06. The minimum absolute atomic E-state index is 0.0712. The lowest BCUT2D eigenvalue weighted by molar-refractivity contribution is 0.0778. The molecular weight excluding hydrogens is 246 g/mol. The largest absolute Gasteiger partial charge is 0.468 e. The van der Waals surface area contributed by atoms with E-state index in [-0.39, 0.29) is 5.56 Å². The summed E-state index contributed by atoms with van der Waals surface area (Å²) in [6.07, 6.45) is 2.05. The van der Waals surface area contributed by atoms with Crippen LogP contribution in [0.1, 0.15) is 18.5 Å². The average molecular weight is 267 g/mol. The normalized spacial score (nSPS) is 16.5. The molecule has 0 spiro atoms. The number of hydrogen-bond acceptors (Lipinski definition) is 5. The Kier molecular flexibility index (Phi) is 4.93. The summed E-state index contributed by atoms with van der Waals surface area (Å²) in [6.45, 7) is 4.70. The van der Waals surface area contributed by atoms with Gasteiger partial charge in [0.25, 0.3) is 11.6 Å². The molecule has 6 nitrogen and oxygen atoms in total. The summed E-state index contributed by atoms with van der Waals surface area (Å²) in [4.78, 5) is 16.1. The average Bonchev–Trinajstić information content (AvgIpc) is 2.42. The number of aromatic nitrogens is 2. The third-order valence-corrected chi connectivity index (χ3v) is 3.27. The SMILES string of the molecule is COc1nc(C)cc(=O)n1CCNC1CCOCC1. The molecule has 1 aromatic rings. The number of nitrogens with one attached hydrogen (secondary N) is 1. The van der Waals surface area contributed by atoms with E-state index >= 15 is 0 Å². The van der Waals surface area contributed by atoms with Gasteiger partial charge in [-0.15, -0.1) is 0 Å². The first-order valence-electron chi connectivity index (χ1n) is 6.64. The van der Waals surface area contributed by atoms with Crippen molar-refractivity contribution in [2.24, 2.45) is 0 Å². The zero-order valence-electron chi connectivity index (χ0n) is 11.5. The molecule has 0 aliphatic carbocycles. The molecule has 0 atom stereocenters. The zero-order valence-corrected chi connectivity index (χ0v) is 11.5. The number of methoxy groups -OCH3 is 1. The lowest BCUT2D eigenvalue weighted by Gasteiger charge is -2.23. The van der Waals surface area contributed by atoms with Gasteiger partial charge in [0.1, 0.15) is 0 Å².